The second-order valence-electron chi connectivity index (χ2n) is 5.86. The quantitative estimate of drug-likeness (QED) is 0.833. The number of urea groups is 1. The van der Waals surface area contributed by atoms with Gasteiger partial charge in [-0.3, -0.25) is 4.84 Å². The van der Waals surface area contributed by atoms with E-state index < -0.39 is 0 Å². The van der Waals surface area contributed by atoms with Crippen molar-refractivity contribution in [2.75, 3.05) is 27.2 Å². The Morgan fingerprint density at radius 2 is 2.04 bits per heavy atom. The molecule has 1 aromatic rings. The number of hydrogen-bond donors (Lipinski definition) is 1. The van der Waals surface area contributed by atoms with Crippen LogP contribution in [0.4, 0.5) is 4.79 Å². The van der Waals surface area contributed by atoms with Crippen molar-refractivity contribution >= 4 is 29.2 Å². The van der Waals surface area contributed by atoms with Gasteiger partial charge < -0.3 is 10.2 Å². The Morgan fingerprint density at radius 3 is 2.65 bits per heavy atom. The largest absolute Gasteiger partial charge is 0.342 e. The van der Waals surface area contributed by atoms with Crippen LogP contribution in [0.1, 0.15) is 31.4 Å². The van der Waals surface area contributed by atoms with Crippen molar-refractivity contribution in [2.24, 2.45) is 0 Å². The van der Waals surface area contributed by atoms with Gasteiger partial charge in [-0.15, -0.1) is 0 Å². The normalized spacial score (nSPS) is 17.8. The van der Waals surface area contributed by atoms with Gasteiger partial charge in [0.15, 0.2) is 0 Å². The third-order valence-corrected chi connectivity index (χ3v) is 5.04. The molecule has 1 atom stereocenters. The first-order valence-corrected chi connectivity index (χ1v) is 8.46. The maximum atomic E-state index is 12.5. The fourth-order valence-corrected chi connectivity index (χ4v) is 3.28. The number of hydrogen-bond acceptors (Lipinski definition) is 3. The molecule has 5 nitrogen and oxygen atoms in total. The molecule has 23 heavy (non-hydrogen) atoms. The standard InChI is InChI=1S/C16H23Cl2N3O2/c1-11(13-5-4-6-14(17)15(13)18)19-16(22)21(23-3)12-7-9-20(2)10-8-12/h4-6,11-12H,7-10H2,1-3H3,(H,19,22)/t11-/m0/s1. The van der Waals surface area contributed by atoms with Crippen molar-refractivity contribution in [3.8, 4) is 0 Å². The monoisotopic (exact) mass is 359 g/mol. The number of benzene rings is 1. The van der Waals surface area contributed by atoms with Crippen LogP contribution in [0.3, 0.4) is 0 Å². The minimum absolute atomic E-state index is 0.0817. The molecule has 1 fully saturated rings. The zero-order chi connectivity index (χ0) is 17.0. The number of amides is 2. The Labute approximate surface area is 147 Å². The third-order valence-electron chi connectivity index (χ3n) is 4.20. The second kappa shape index (κ2) is 8.20. The molecule has 1 aliphatic heterocycles. The summed E-state index contributed by atoms with van der Waals surface area (Å²) < 4.78 is 0. The highest BCUT2D eigenvalue weighted by Gasteiger charge is 2.28. The van der Waals surface area contributed by atoms with Gasteiger partial charge in [-0.25, -0.2) is 9.86 Å². The van der Waals surface area contributed by atoms with E-state index in [0.29, 0.717) is 10.0 Å². The number of nitrogens with zero attached hydrogens (tertiary/aromatic N) is 2. The molecule has 0 radical (unpaired) electrons. The van der Waals surface area contributed by atoms with Gasteiger partial charge in [0.25, 0.3) is 0 Å². The van der Waals surface area contributed by atoms with E-state index in [0.717, 1.165) is 31.5 Å². The Hall–Kier alpha value is -1.01. The van der Waals surface area contributed by atoms with E-state index >= 15 is 0 Å². The van der Waals surface area contributed by atoms with Gasteiger partial charge in [0.05, 0.1) is 29.2 Å². The van der Waals surface area contributed by atoms with Gasteiger partial charge in [-0.1, -0.05) is 35.3 Å². The van der Waals surface area contributed by atoms with Crippen molar-refractivity contribution in [3.05, 3.63) is 33.8 Å². The van der Waals surface area contributed by atoms with Crippen LogP contribution in [-0.2, 0) is 4.84 Å². The van der Waals surface area contributed by atoms with E-state index in [2.05, 4.69) is 17.3 Å². The van der Waals surface area contributed by atoms with E-state index in [1.165, 1.54) is 12.2 Å². The molecule has 0 saturated carbocycles. The summed E-state index contributed by atoms with van der Waals surface area (Å²) in [6, 6.07) is 4.95. The van der Waals surface area contributed by atoms with E-state index in [4.69, 9.17) is 28.0 Å². The van der Waals surface area contributed by atoms with Crippen LogP contribution in [0.25, 0.3) is 0 Å². The summed E-state index contributed by atoms with van der Waals surface area (Å²) in [5.74, 6) is 0. The summed E-state index contributed by atoms with van der Waals surface area (Å²) in [6.07, 6.45) is 1.79. The van der Waals surface area contributed by atoms with Gasteiger partial charge >= 0.3 is 6.03 Å². The van der Waals surface area contributed by atoms with Crippen LogP contribution in [0.2, 0.25) is 10.0 Å². The summed E-state index contributed by atoms with van der Waals surface area (Å²) in [4.78, 5) is 20.1. The van der Waals surface area contributed by atoms with E-state index in [1.54, 1.807) is 6.07 Å². The highest BCUT2D eigenvalue weighted by Crippen LogP contribution is 2.30. The zero-order valence-corrected chi connectivity index (χ0v) is 15.2. The van der Waals surface area contributed by atoms with Crippen LogP contribution < -0.4 is 5.32 Å². The lowest BCUT2D eigenvalue weighted by Gasteiger charge is -2.35. The summed E-state index contributed by atoms with van der Waals surface area (Å²) in [7, 11) is 3.60. The fourth-order valence-electron chi connectivity index (χ4n) is 2.81. The van der Waals surface area contributed by atoms with E-state index in [9.17, 15) is 4.79 Å². The topological polar surface area (TPSA) is 44.8 Å². The number of carbonyl (C=O) groups excluding carboxylic acids is 1. The molecule has 0 spiro atoms. The van der Waals surface area contributed by atoms with Crippen molar-refractivity contribution in [2.45, 2.75) is 31.8 Å². The molecule has 0 aromatic heterocycles. The zero-order valence-electron chi connectivity index (χ0n) is 13.7. The van der Waals surface area contributed by atoms with Crippen LogP contribution in [0.5, 0.6) is 0 Å². The molecule has 7 heteroatoms. The fraction of sp³-hybridized carbons (Fsp3) is 0.562. The van der Waals surface area contributed by atoms with E-state index in [1.807, 2.05) is 19.1 Å². The minimum atomic E-state index is -0.266. The average Bonchev–Trinajstić information content (AvgIpc) is 2.52. The predicted octanol–water partition coefficient (Wildman–Crippen LogP) is 3.72. The molecule has 1 aromatic carbocycles. The number of nitrogens with one attached hydrogen (secondary N) is 1. The first-order valence-electron chi connectivity index (χ1n) is 7.70. The lowest BCUT2D eigenvalue weighted by atomic mass is 10.1. The smallest absolute Gasteiger partial charge is 0.330 e. The molecular weight excluding hydrogens is 337 g/mol. The van der Waals surface area contributed by atoms with Crippen molar-refractivity contribution < 1.29 is 9.63 Å². The highest BCUT2D eigenvalue weighted by atomic mass is 35.5. The molecule has 0 unspecified atom stereocenters. The van der Waals surface area contributed by atoms with Crippen LogP contribution in [0.15, 0.2) is 18.2 Å². The molecule has 128 valence electrons. The maximum absolute atomic E-state index is 12.5. The second-order valence-corrected chi connectivity index (χ2v) is 6.64. The number of rotatable bonds is 4. The summed E-state index contributed by atoms with van der Waals surface area (Å²) in [6.45, 7) is 3.78. The molecule has 1 heterocycles. The Morgan fingerprint density at radius 1 is 1.39 bits per heavy atom. The summed E-state index contributed by atoms with van der Waals surface area (Å²) >= 11 is 12.3. The highest BCUT2D eigenvalue weighted by molar-refractivity contribution is 6.42. The van der Waals surface area contributed by atoms with Crippen molar-refractivity contribution in [1.29, 1.82) is 0 Å². The van der Waals surface area contributed by atoms with Crippen LogP contribution in [0, 0.1) is 0 Å². The van der Waals surface area contributed by atoms with Gasteiger partial charge in [0.1, 0.15) is 0 Å². The number of carbonyl (C=O) groups is 1. The molecule has 2 rings (SSSR count). The first-order chi connectivity index (χ1) is 10.9. The van der Waals surface area contributed by atoms with Crippen LogP contribution in [-0.4, -0.2) is 49.3 Å². The average molecular weight is 360 g/mol. The molecule has 1 aliphatic rings. The molecule has 1 saturated heterocycles. The van der Waals surface area contributed by atoms with Gasteiger partial charge in [-0.2, -0.15) is 0 Å². The molecule has 1 N–H and O–H groups in total. The predicted molar refractivity (Wildman–Crippen MR) is 92.8 cm³/mol. The molecule has 2 amide bonds. The Balaban J connectivity index is 2.02. The number of halogens is 2. The maximum Gasteiger partial charge on any atom is 0.342 e. The SMILES string of the molecule is CON(C(=O)N[C@@H](C)c1cccc(Cl)c1Cl)C1CCN(C)CC1. The summed E-state index contributed by atoms with van der Waals surface area (Å²) in [5, 5.41) is 5.30. The Kier molecular flexibility index (Phi) is 6.53. The van der Waals surface area contributed by atoms with Crippen LogP contribution >= 0.6 is 23.2 Å². The number of hydroxylamine groups is 2. The third kappa shape index (κ3) is 4.51. The van der Waals surface area contributed by atoms with Gasteiger partial charge in [0.2, 0.25) is 0 Å². The lowest BCUT2D eigenvalue weighted by Crippen LogP contribution is -2.50. The number of likely N-dealkylation sites (tertiary alicyclic amines) is 1. The first kappa shape index (κ1) is 18.3. The summed E-state index contributed by atoms with van der Waals surface area (Å²) in [5.41, 5.74) is 0.784. The molecular formula is C16H23Cl2N3O2. The van der Waals surface area contributed by atoms with Gasteiger partial charge in [0, 0.05) is 0 Å². The molecule has 0 aliphatic carbocycles. The minimum Gasteiger partial charge on any atom is -0.330 e. The number of piperidine rings is 1. The molecule has 0 bridgehead atoms. The Bertz CT molecular complexity index is 548. The lowest BCUT2D eigenvalue weighted by molar-refractivity contribution is -0.127. The van der Waals surface area contributed by atoms with E-state index in [-0.39, 0.29) is 18.1 Å². The van der Waals surface area contributed by atoms with Gasteiger partial charge in [-0.05, 0) is 51.5 Å². The van der Waals surface area contributed by atoms with Crippen molar-refractivity contribution in [1.82, 2.24) is 15.3 Å². The van der Waals surface area contributed by atoms with Crippen molar-refractivity contribution in [3.63, 3.8) is 0 Å².